The first-order chi connectivity index (χ1) is 7.77. The van der Waals surface area contributed by atoms with Crippen molar-refractivity contribution in [3.8, 4) is 0 Å². The van der Waals surface area contributed by atoms with E-state index in [9.17, 15) is 4.79 Å². The van der Waals surface area contributed by atoms with Crippen LogP contribution < -0.4 is 0 Å². The number of carbonyl (C=O) groups excluding carboxylic acids is 1. The van der Waals surface area contributed by atoms with E-state index in [0.29, 0.717) is 11.0 Å². The molecule has 0 bridgehead atoms. The van der Waals surface area contributed by atoms with E-state index in [2.05, 4.69) is 41.0 Å². The van der Waals surface area contributed by atoms with Crippen LogP contribution >= 0.6 is 32.2 Å². The molecule has 0 atom stereocenters. The molecule has 0 saturated heterocycles. The van der Waals surface area contributed by atoms with Gasteiger partial charge in [0, 0.05) is 22.5 Å². The molecule has 2 rings (SSSR count). The molecule has 2 aromatic rings. The molecule has 1 heterocycles. The van der Waals surface area contributed by atoms with Gasteiger partial charge in [0.05, 0.1) is 0 Å². The summed E-state index contributed by atoms with van der Waals surface area (Å²) in [5.41, 5.74) is 1.16. The maximum absolute atomic E-state index is 11.5. The standard InChI is InChI=1S/C11H7Br2NO2/c12-5-9-8-4-2-1-3-7(8)6-14-10(9)11(15)16-13/h1-4,6H,5H2. The van der Waals surface area contributed by atoms with Crippen LogP contribution in [0.25, 0.3) is 10.8 Å². The highest BCUT2D eigenvalue weighted by Gasteiger charge is 2.15. The van der Waals surface area contributed by atoms with Gasteiger partial charge in [-0.05, 0) is 5.39 Å². The summed E-state index contributed by atoms with van der Waals surface area (Å²) in [5.74, 6) is -0.486. The molecule has 0 amide bonds. The minimum absolute atomic E-state index is 0.326. The van der Waals surface area contributed by atoms with E-state index in [1.807, 2.05) is 24.3 Å². The summed E-state index contributed by atoms with van der Waals surface area (Å²) in [6.07, 6.45) is 1.67. The number of hydrogen-bond acceptors (Lipinski definition) is 3. The largest absolute Gasteiger partial charge is 0.379 e. The Kier molecular flexibility index (Phi) is 3.56. The Balaban J connectivity index is 2.72. The topological polar surface area (TPSA) is 39.2 Å². The highest BCUT2D eigenvalue weighted by atomic mass is 79.9. The van der Waals surface area contributed by atoms with Crippen LogP contribution in [-0.2, 0) is 9.16 Å². The number of benzene rings is 1. The van der Waals surface area contributed by atoms with Gasteiger partial charge in [-0.25, -0.2) is 9.78 Å². The second-order valence-corrected chi connectivity index (χ2v) is 4.06. The van der Waals surface area contributed by atoms with Gasteiger partial charge in [-0.15, -0.1) is 0 Å². The fraction of sp³-hybridized carbons (Fsp3) is 0.0909. The smallest absolute Gasteiger partial charge is 0.368 e. The summed E-state index contributed by atoms with van der Waals surface area (Å²) in [7, 11) is 0. The molecule has 0 unspecified atom stereocenters. The summed E-state index contributed by atoms with van der Waals surface area (Å²) >= 11 is 6.04. The molecule has 0 N–H and O–H groups in total. The molecule has 0 aliphatic rings. The second kappa shape index (κ2) is 4.93. The quantitative estimate of drug-likeness (QED) is 0.781. The number of pyridine rings is 1. The van der Waals surface area contributed by atoms with Crippen LogP contribution in [0.15, 0.2) is 30.5 Å². The first kappa shape index (κ1) is 11.5. The minimum Gasteiger partial charge on any atom is -0.379 e. The highest BCUT2D eigenvalue weighted by molar-refractivity contribution is 9.08. The molecule has 3 nitrogen and oxygen atoms in total. The molecular formula is C11H7Br2NO2. The first-order valence-corrected chi connectivity index (χ1v) is 6.30. The third kappa shape index (κ3) is 1.97. The number of nitrogens with zero attached hydrogens (tertiary/aromatic N) is 1. The number of carbonyl (C=O) groups is 1. The molecule has 5 heteroatoms. The Labute approximate surface area is 109 Å². The maximum Gasteiger partial charge on any atom is 0.368 e. The molecule has 0 aliphatic carbocycles. The average Bonchev–Trinajstić information content (AvgIpc) is 2.36. The highest BCUT2D eigenvalue weighted by Crippen LogP contribution is 2.23. The van der Waals surface area contributed by atoms with Gasteiger partial charge in [0.2, 0.25) is 0 Å². The molecular weight excluding hydrogens is 338 g/mol. The van der Waals surface area contributed by atoms with Gasteiger partial charge in [0.15, 0.2) is 22.0 Å². The Morgan fingerprint density at radius 2 is 2.12 bits per heavy atom. The summed E-state index contributed by atoms with van der Waals surface area (Å²) < 4.78 is 4.52. The number of fused-ring (bicyclic) bond motifs is 1. The zero-order chi connectivity index (χ0) is 11.5. The lowest BCUT2D eigenvalue weighted by Gasteiger charge is -2.07. The lowest BCUT2D eigenvalue weighted by molar-refractivity contribution is 0.0775. The summed E-state index contributed by atoms with van der Waals surface area (Å²) in [6, 6.07) is 7.78. The number of halogens is 2. The Bertz CT molecular complexity index is 542. The monoisotopic (exact) mass is 343 g/mol. The molecule has 0 radical (unpaired) electrons. The maximum atomic E-state index is 11.5. The predicted molar refractivity (Wildman–Crippen MR) is 68.7 cm³/mol. The van der Waals surface area contributed by atoms with E-state index < -0.39 is 5.97 Å². The Morgan fingerprint density at radius 1 is 1.38 bits per heavy atom. The third-order valence-electron chi connectivity index (χ3n) is 2.30. The number of rotatable bonds is 2. The van der Waals surface area contributed by atoms with Crippen molar-refractivity contribution in [1.82, 2.24) is 4.98 Å². The lowest BCUT2D eigenvalue weighted by atomic mass is 10.1. The summed E-state index contributed by atoms with van der Waals surface area (Å²) in [5, 5.41) is 2.56. The molecule has 16 heavy (non-hydrogen) atoms. The van der Waals surface area contributed by atoms with Crippen molar-refractivity contribution >= 4 is 48.9 Å². The van der Waals surface area contributed by atoms with Gasteiger partial charge in [-0.3, -0.25) is 0 Å². The van der Waals surface area contributed by atoms with E-state index in [1.165, 1.54) is 0 Å². The second-order valence-electron chi connectivity index (χ2n) is 3.17. The van der Waals surface area contributed by atoms with Crippen molar-refractivity contribution < 1.29 is 8.62 Å². The number of aromatic nitrogens is 1. The fourth-order valence-electron chi connectivity index (χ4n) is 1.57. The zero-order valence-electron chi connectivity index (χ0n) is 8.11. The normalized spacial score (nSPS) is 10.4. The Morgan fingerprint density at radius 3 is 2.81 bits per heavy atom. The molecule has 0 fully saturated rings. The van der Waals surface area contributed by atoms with Gasteiger partial charge in [0.1, 0.15) is 0 Å². The fourth-order valence-corrected chi connectivity index (χ4v) is 2.29. The van der Waals surface area contributed by atoms with Gasteiger partial charge >= 0.3 is 5.97 Å². The van der Waals surface area contributed by atoms with Crippen molar-refractivity contribution in [2.24, 2.45) is 0 Å². The van der Waals surface area contributed by atoms with Crippen molar-refractivity contribution in [3.05, 3.63) is 41.7 Å². The van der Waals surface area contributed by atoms with Crippen molar-refractivity contribution in [2.45, 2.75) is 5.33 Å². The first-order valence-electron chi connectivity index (χ1n) is 4.53. The zero-order valence-corrected chi connectivity index (χ0v) is 11.3. The van der Waals surface area contributed by atoms with Crippen LogP contribution in [0.2, 0.25) is 0 Å². The predicted octanol–water partition coefficient (Wildman–Crippen LogP) is 3.60. The SMILES string of the molecule is O=C(OBr)c1ncc2ccccc2c1CBr. The van der Waals surface area contributed by atoms with Crippen LogP contribution in [-0.4, -0.2) is 11.0 Å². The number of alkyl halides is 1. The van der Waals surface area contributed by atoms with Crippen LogP contribution in [0.1, 0.15) is 16.1 Å². The van der Waals surface area contributed by atoms with E-state index in [4.69, 9.17) is 0 Å². The van der Waals surface area contributed by atoms with E-state index in [0.717, 1.165) is 16.3 Å². The van der Waals surface area contributed by atoms with Crippen molar-refractivity contribution in [3.63, 3.8) is 0 Å². The minimum atomic E-state index is -0.486. The molecule has 1 aromatic carbocycles. The van der Waals surface area contributed by atoms with Crippen LogP contribution in [0.5, 0.6) is 0 Å². The van der Waals surface area contributed by atoms with Crippen LogP contribution in [0.4, 0.5) is 0 Å². The van der Waals surface area contributed by atoms with Gasteiger partial charge in [-0.1, -0.05) is 40.2 Å². The lowest BCUT2D eigenvalue weighted by Crippen LogP contribution is -2.06. The number of hydrogen-bond donors (Lipinski definition) is 0. The van der Waals surface area contributed by atoms with E-state index in [1.54, 1.807) is 6.20 Å². The molecule has 1 aromatic heterocycles. The Hall–Kier alpha value is -0.940. The van der Waals surface area contributed by atoms with Crippen LogP contribution in [0, 0.1) is 0 Å². The van der Waals surface area contributed by atoms with Crippen LogP contribution in [0.3, 0.4) is 0 Å². The van der Waals surface area contributed by atoms with E-state index in [-0.39, 0.29) is 0 Å². The average molecular weight is 345 g/mol. The molecule has 0 saturated carbocycles. The van der Waals surface area contributed by atoms with E-state index >= 15 is 0 Å². The third-order valence-corrected chi connectivity index (χ3v) is 3.16. The molecule has 82 valence electrons. The van der Waals surface area contributed by atoms with Gasteiger partial charge in [-0.2, -0.15) is 0 Å². The van der Waals surface area contributed by atoms with Crippen molar-refractivity contribution in [1.29, 1.82) is 0 Å². The molecule has 0 aliphatic heterocycles. The molecule has 0 spiro atoms. The van der Waals surface area contributed by atoms with Gasteiger partial charge in [0.25, 0.3) is 0 Å². The van der Waals surface area contributed by atoms with Gasteiger partial charge < -0.3 is 3.83 Å². The van der Waals surface area contributed by atoms with Crippen molar-refractivity contribution in [2.75, 3.05) is 0 Å². The summed E-state index contributed by atoms with van der Waals surface area (Å²) in [4.78, 5) is 15.6. The summed E-state index contributed by atoms with van der Waals surface area (Å²) in [6.45, 7) is 0.